The van der Waals surface area contributed by atoms with Crippen LogP contribution in [0.2, 0.25) is 5.02 Å². The summed E-state index contributed by atoms with van der Waals surface area (Å²) in [5.41, 5.74) is -1.24. The molecule has 110 valence electrons. The van der Waals surface area contributed by atoms with Gasteiger partial charge in [-0.05, 0) is 41.4 Å². The van der Waals surface area contributed by atoms with E-state index in [-0.39, 0.29) is 21.6 Å². The number of anilines is 1. The van der Waals surface area contributed by atoms with Crippen molar-refractivity contribution in [3.8, 4) is 0 Å². The molecule has 8 heteroatoms. The zero-order valence-electron chi connectivity index (χ0n) is 10.8. The number of benzene rings is 1. The van der Waals surface area contributed by atoms with E-state index >= 15 is 0 Å². The van der Waals surface area contributed by atoms with Gasteiger partial charge < -0.3 is 15.7 Å². The summed E-state index contributed by atoms with van der Waals surface area (Å²) in [4.78, 5) is 22.9. The van der Waals surface area contributed by atoms with E-state index in [4.69, 9.17) is 16.7 Å². The first-order valence-corrected chi connectivity index (χ1v) is 6.84. The first-order valence-electron chi connectivity index (χ1n) is 5.66. The molecule has 0 aliphatic carbocycles. The van der Waals surface area contributed by atoms with Gasteiger partial charge in [-0.1, -0.05) is 18.5 Å². The number of urea groups is 1. The average Bonchev–Trinajstić information content (AvgIpc) is 2.33. The van der Waals surface area contributed by atoms with Gasteiger partial charge >= 0.3 is 12.0 Å². The second-order valence-electron chi connectivity index (χ2n) is 4.31. The molecule has 0 spiro atoms. The van der Waals surface area contributed by atoms with Gasteiger partial charge in [0, 0.05) is 4.47 Å². The molecule has 1 rings (SSSR count). The van der Waals surface area contributed by atoms with Crippen molar-refractivity contribution in [2.45, 2.75) is 25.8 Å². The van der Waals surface area contributed by atoms with Crippen LogP contribution >= 0.6 is 27.5 Å². The zero-order chi connectivity index (χ0) is 15.5. The molecule has 0 aliphatic rings. The van der Waals surface area contributed by atoms with Crippen molar-refractivity contribution in [1.82, 2.24) is 5.32 Å². The van der Waals surface area contributed by atoms with E-state index in [1.807, 2.05) is 0 Å². The second kappa shape index (κ2) is 6.41. The summed E-state index contributed by atoms with van der Waals surface area (Å²) in [7, 11) is 0. The van der Waals surface area contributed by atoms with E-state index in [0.29, 0.717) is 0 Å². The first kappa shape index (κ1) is 16.7. The molecule has 1 unspecified atom stereocenters. The van der Waals surface area contributed by atoms with Gasteiger partial charge in [0.05, 0.1) is 10.7 Å². The highest BCUT2D eigenvalue weighted by atomic mass is 79.9. The lowest BCUT2D eigenvalue weighted by Gasteiger charge is -2.25. The summed E-state index contributed by atoms with van der Waals surface area (Å²) in [5.74, 6) is -1.71. The summed E-state index contributed by atoms with van der Waals surface area (Å²) in [5, 5.41) is 13.8. The van der Waals surface area contributed by atoms with E-state index in [1.54, 1.807) is 6.92 Å². The van der Waals surface area contributed by atoms with Crippen LogP contribution in [0.5, 0.6) is 0 Å². The molecule has 1 atom stereocenters. The Labute approximate surface area is 128 Å². The molecule has 5 nitrogen and oxygen atoms in total. The Balaban J connectivity index is 2.90. The van der Waals surface area contributed by atoms with E-state index < -0.39 is 23.4 Å². The Morgan fingerprint density at radius 1 is 1.50 bits per heavy atom. The lowest BCUT2D eigenvalue weighted by molar-refractivity contribution is -0.143. The fourth-order valence-corrected chi connectivity index (χ4v) is 2.25. The number of nitrogens with one attached hydrogen (secondary N) is 2. The minimum atomic E-state index is -1.40. The fraction of sp³-hybridized carbons (Fsp3) is 0.333. The van der Waals surface area contributed by atoms with Crippen LogP contribution in [-0.2, 0) is 4.79 Å². The van der Waals surface area contributed by atoms with Crippen LogP contribution in [0.4, 0.5) is 14.9 Å². The maximum atomic E-state index is 13.1. The van der Waals surface area contributed by atoms with Crippen LogP contribution in [0.15, 0.2) is 16.6 Å². The summed E-state index contributed by atoms with van der Waals surface area (Å²) in [6.45, 7) is 3.02. The number of aliphatic carboxylic acids is 1. The quantitative estimate of drug-likeness (QED) is 0.760. The van der Waals surface area contributed by atoms with Gasteiger partial charge in [-0.3, -0.25) is 0 Å². The number of carboxylic acids is 1. The van der Waals surface area contributed by atoms with E-state index in [9.17, 15) is 14.0 Å². The molecule has 0 bridgehead atoms. The topological polar surface area (TPSA) is 78.4 Å². The molecule has 2 amide bonds. The minimum absolute atomic E-state index is 0.000511. The highest BCUT2D eigenvalue weighted by molar-refractivity contribution is 9.10. The van der Waals surface area contributed by atoms with Gasteiger partial charge in [-0.25, -0.2) is 14.0 Å². The van der Waals surface area contributed by atoms with E-state index in [2.05, 4.69) is 26.6 Å². The summed E-state index contributed by atoms with van der Waals surface area (Å²) in [6, 6.07) is 1.43. The molecule has 1 aromatic rings. The predicted molar refractivity (Wildman–Crippen MR) is 77.6 cm³/mol. The average molecular weight is 368 g/mol. The smallest absolute Gasteiger partial charge is 0.329 e. The van der Waals surface area contributed by atoms with E-state index in [1.165, 1.54) is 6.92 Å². The summed E-state index contributed by atoms with van der Waals surface area (Å²) in [6.07, 6.45) is 0.202. The normalized spacial score (nSPS) is 13.4. The number of halogens is 3. The number of hydrogen-bond donors (Lipinski definition) is 3. The van der Waals surface area contributed by atoms with Gasteiger partial charge in [0.25, 0.3) is 0 Å². The summed E-state index contributed by atoms with van der Waals surface area (Å²) < 4.78 is 13.3. The van der Waals surface area contributed by atoms with Crippen molar-refractivity contribution in [2.24, 2.45) is 0 Å². The monoisotopic (exact) mass is 366 g/mol. The molecule has 0 fully saturated rings. The molecular weight excluding hydrogens is 354 g/mol. The predicted octanol–water partition coefficient (Wildman–Crippen LogP) is 3.62. The first-order chi connectivity index (χ1) is 9.19. The maximum absolute atomic E-state index is 13.1. The third kappa shape index (κ3) is 3.83. The van der Waals surface area contributed by atoms with Crippen molar-refractivity contribution in [1.29, 1.82) is 0 Å². The number of carbonyl (C=O) groups excluding carboxylic acids is 1. The number of amides is 2. The minimum Gasteiger partial charge on any atom is -0.480 e. The van der Waals surface area contributed by atoms with Crippen molar-refractivity contribution >= 4 is 45.2 Å². The molecule has 0 aliphatic heterocycles. The Hall–Kier alpha value is -1.34. The fourth-order valence-electron chi connectivity index (χ4n) is 1.35. The highest BCUT2D eigenvalue weighted by Crippen LogP contribution is 2.31. The number of hydrogen-bond acceptors (Lipinski definition) is 2. The Bertz CT molecular complexity index is 532. The Morgan fingerprint density at radius 3 is 2.55 bits per heavy atom. The highest BCUT2D eigenvalue weighted by Gasteiger charge is 2.33. The number of rotatable bonds is 4. The summed E-state index contributed by atoms with van der Waals surface area (Å²) >= 11 is 8.89. The SMILES string of the molecule is CCC(C)(NC(=O)Nc1c(Cl)cc(F)cc1Br)C(=O)O. The molecule has 1 aromatic carbocycles. The van der Waals surface area contributed by atoms with Gasteiger partial charge in [-0.15, -0.1) is 0 Å². The standard InChI is InChI=1S/C12H13BrClFN2O3/c1-3-12(2,10(18)19)17-11(20)16-9-7(13)4-6(15)5-8(9)14/h4-5H,3H2,1-2H3,(H,18,19)(H2,16,17,20). The lowest BCUT2D eigenvalue weighted by Crippen LogP contribution is -2.53. The molecule has 0 heterocycles. The molecule has 20 heavy (non-hydrogen) atoms. The van der Waals surface area contributed by atoms with Gasteiger partial charge in [0.1, 0.15) is 11.4 Å². The Morgan fingerprint density at radius 2 is 2.10 bits per heavy atom. The third-order valence-corrected chi connectivity index (χ3v) is 3.74. The molecule has 0 saturated carbocycles. The van der Waals surface area contributed by atoms with Crippen molar-refractivity contribution in [2.75, 3.05) is 5.32 Å². The Kier molecular flexibility index (Phi) is 5.35. The van der Waals surface area contributed by atoms with Crippen molar-refractivity contribution in [3.63, 3.8) is 0 Å². The van der Waals surface area contributed by atoms with E-state index in [0.717, 1.165) is 12.1 Å². The zero-order valence-corrected chi connectivity index (χ0v) is 13.1. The number of carbonyl (C=O) groups is 2. The van der Waals surface area contributed by atoms with Crippen LogP contribution in [0.1, 0.15) is 20.3 Å². The van der Waals surface area contributed by atoms with Crippen LogP contribution in [0, 0.1) is 5.82 Å². The van der Waals surface area contributed by atoms with Crippen LogP contribution < -0.4 is 10.6 Å². The van der Waals surface area contributed by atoms with Crippen molar-refractivity contribution in [3.05, 3.63) is 27.4 Å². The molecular formula is C12H13BrClFN2O3. The molecule has 0 radical (unpaired) electrons. The van der Waals surface area contributed by atoms with Crippen LogP contribution in [0.25, 0.3) is 0 Å². The maximum Gasteiger partial charge on any atom is 0.329 e. The van der Waals surface area contributed by atoms with Gasteiger partial charge in [0.15, 0.2) is 0 Å². The lowest BCUT2D eigenvalue weighted by atomic mass is 10.00. The van der Waals surface area contributed by atoms with Crippen molar-refractivity contribution < 1.29 is 19.1 Å². The largest absolute Gasteiger partial charge is 0.480 e. The molecule has 0 aromatic heterocycles. The third-order valence-electron chi connectivity index (χ3n) is 2.81. The van der Waals surface area contributed by atoms with Gasteiger partial charge in [0.2, 0.25) is 0 Å². The van der Waals surface area contributed by atoms with Crippen LogP contribution in [0.3, 0.4) is 0 Å². The molecule has 3 N–H and O–H groups in total. The second-order valence-corrected chi connectivity index (χ2v) is 5.58. The molecule has 0 saturated heterocycles. The van der Waals surface area contributed by atoms with Crippen LogP contribution in [-0.4, -0.2) is 22.6 Å². The van der Waals surface area contributed by atoms with Gasteiger partial charge in [-0.2, -0.15) is 0 Å². The number of carboxylic acid groups (broad SMARTS) is 1.